The summed E-state index contributed by atoms with van der Waals surface area (Å²) >= 11 is 0. The number of carbonyl (C=O) groups excluding carboxylic acids is 1. The Kier molecular flexibility index (Phi) is 4.11. The van der Waals surface area contributed by atoms with Gasteiger partial charge in [-0.2, -0.15) is 18.4 Å². The number of pyridine rings is 1. The van der Waals surface area contributed by atoms with Crippen LogP contribution in [-0.4, -0.2) is 10.9 Å². The van der Waals surface area contributed by atoms with E-state index in [1.807, 2.05) is 6.07 Å². The Morgan fingerprint density at radius 3 is 2.64 bits per heavy atom. The first kappa shape index (κ1) is 16.5. The molecule has 3 rings (SSSR count). The second-order valence-corrected chi connectivity index (χ2v) is 5.23. The molecule has 0 bridgehead atoms. The quantitative estimate of drug-likeness (QED) is 0.752. The third kappa shape index (κ3) is 3.43. The fourth-order valence-electron chi connectivity index (χ4n) is 2.36. The lowest BCUT2D eigenvalue weighted by Crippen LogP contribution is -2.14. The van der Waals surface area contributed by atoms with Gasteiger partial charge in [-0.15, -0.1) is 0 Å². The number of nitriles is 1. The lowest BCUT2D eigenvalue weighted by Gasteiger charge is -2.12. The summed E-state index contributed by atoms with van der Waals surface area (Å²) in [6, 6.07) is 12.9. The van der Waals surface area contributed by atoms with Crippen LogP contribution in [0.5, 0.6) is 0 Å². The van der Waals surface area contributed by atoms with Gasteiger partial charge in [0, 0.05) is 22.8 Å². The van der Waals surface area contributed by atoms with Crippen molar-refractivity contribution in [2.24, 2.45) is 0 Å². The third-order valence-electron chi connectivity index (χ3n) is 3.57. The maximum Gasteiger partial charge on any atom is 0.417 e. The van der Waals surface area contributed by atoms with Gasteiger partial charge in [-0.05, 0) is 36.4 Å². The summed E-state index contributed by atoms with van der Waals surface area (Å²) in [5, 5.41) is 12.0. The van der Waals surface area contributed by atoms with Gasteiger partial charge < -0.3 is 5.32 Å². The molecular formula is C18H10F3N3O. The van der Waals surface area contributed by atoms with Crippen LogP contribution in [0.15, 0.2) is 54.7 Å². The number of fused-ring (bicyclic) bond motifs is 1. The molecular weight excluding hydrogens is 331 g/mol. The molecule has 0 fully saturated rings. The van der Waals surface area contributed by atoms with Gasteiger partial charge in [0.1, 0.15) is 0 Å². The molecule has 1 N–H and O–H groups in total. The van der Waals surface area contributed by atoms with Gasteiger partial charge in [0.15, 0.2) is 0 Å². The number of hydrogen-bond acceptors (Lipinski definition) is 3. The van der Waals surface area contributed by atoms with Crippen LogP contribution in [-0.2, 0) is 6.18 Å². The number of anilines is 1. The molecule has 0 aliphatic rings. The maximum atomic E-state index is 13.0. The van der Waals surface area contributed by atoms with Crippen LogP contribution in [0.1, 0.15) is 21.5 Å². The van der Waals surface area contributed by atoms with Gasteiger partial charge >= 0.3 is 6.18 Å². The molecule has 2 aromatic carbocycles. The number of alkyl halides is 3. The Hall–Kier alpha value is -3.40. The second-order valence-electron chi connectivity index (χ2n) is 5.23. The molecule has 0 aliphatic carbocycles. The predicted octanol–water partition coefficient (Wildman–Crippen LogP) is 4.38. The maximum absolute atomic E-state index is 13.0. The molecule has 3 aromatic rings. The zero-order valence-electron chi connectivity index (χ0n) is 12.6. The number of nitrogens with zero attached hydrogens (tertiary/aromatic N) is 2. The van der Waals surface area contributed by atoms with Crippen LogP contribution in [0, 0.1) is 11.3 Å². The molecule has 0 radical (unpaired) electrons. The molecule has 7 heteroatoms. The van der Waals surface area contributed by atoms with Gasteiger partial charge in [-0.3, -0.25) is 9.78 Å². The molecule has 1 aromatic heterocycles. The molecule has 0 spiro atoms. The van der Waals surface area contributed by atoms with E-state index >= 15 is 0 Å². The second kappa shape index (κ2) is 6.24. The average Bonchev–Trinajstić information content (AvgIpc) is 2.60. The zero-order chi connectivity index (χ0) is 18.0. The van der Waals surface area contributed by atoms with Crippen molar-refractivity contribution in [1.29, 1.82) is 5.26 Å². The van der Waals surface area contributed by atoms with Crippen molar-refractivity contribution in [1.82, 2.24) is 4.98 Å². The monoisotopic (exact) mass is 341 g/mol. The van der Waals surface area contributed by atoms with E-state index in [2.05, 4.69) is 10.3 Å². The van der Waals surface area contributed by atoms with Gasteiger partial charge in [-0.1, -0.05) is 12.1 Å². The molecule has 4 nitrogen and oxygen atoms in total. The first-order chi connectivity index (χ1) is 11.9. The Morgan fingerprint density at radius 2 is 1.92 bits per heavy atom. The van der Waals surface area contributed by atoms with Crippen LogP contribution in [0.25, 0.3) is 10.9 Å². The van der Waals surface area contributed by atoms with E-state index in [0.717, 1.165) is 17.5 Å². The number of benzene rings is 2. The van der Waals surface area contributed by atoms with Crippen LogP contribution < -0.4 is 5.32 Å². The highest BCUT2D eigenvalue weighted by Gasteiger charge is 2.34. The minimum atomic E-state index is -4.68. The molecule has 1 heterocycles. The lowest BCUT2D eigenvalue weighted by atomic mass is 10.1. The fourth-order valence-corrected chi connectivity index (χ4v) is 2.36. The minimum Gasteiger partial charge on any atom is -0.322 e. The van der Waals surface area contributed by atoms with E-state index in [0.29, 0.717) is 5.52 Å². The van der Waals surface area contributed by atoms with Gasteiger partial charge in [0.05, 0.1) is 22.7 Å². The lowest BCUT2D eigenvalue weighted by molar-refractivity contribution is -0.137. The first-order valence-electron chi connectivity index (χ1n) is 7.16. The van der Waals surface area contributed by atoms with E-state index in [9.17, 15) is 18.0 Å². The van der Waals surface area contributed by atoms with Gasteiger partial charge in [0.25, 0.3) is 5.91 Å². The normalized spacial score (nSPS) is 11.1. The topological polar surface area (TPSA) is 65.8 Å². The van der Waals surface area contributed by atoms with E-state index in [-0.39, 0.29) is 11.3 Å². The van der Waals surface area contributed by atoms with E-state index in [4.69, 9.17) is 5.26 Å². The van der Waals surface area contributed by atoms with Crippen molar-refractivity contribution in [2.75, 3.05) is 5.32 Å². The number of rotatable bonds is 2. The van der Waals surface area contributed by atoms with Gasteiger partial charge in [0.2, 0.25) is 0 Å². The fraction of sp³-hybridized carbons (Fsp3) is 0.0556. The Bertz CT molecular complexity index is 1010. The molecule has 0 atom stereocenters. The Balaban J connectivity index is 1.91. The largest absolute Gasteiger partial charge is 0.417 e. The highest BCUT2D eigenvalue weighted by Crippen LogP contribution is 2.33. The summed E-state index contributed by atoms with van der Waals surface area (Å²) in [7, 11) is 0. The smallest absolute Gasteiger partial charge is 0.322 e. The molecule has 0 saturated carbocycles. The minimum absolute atomic E-state index is 0.0440. The predicted molar refractivity (Wildman–Crippen MR) is 85.9 cm³/mol. The summed E-state index contributed by atoms with van der Waals surface area (Å²) in [5.41, 5.74) is -0.763. The number of nitrogens with one attached hydrogen (secondary N) is 1. The van der Waals surface area contributed by atoms with E-state index in [1.54, 1.807) is 30.5 Å². The zero-order valence-corrected chi connectivity index (χ0v) is 12.6. The summed E-state index contributed by atoms with van der Waals surface area (Å²) in [6.07, 6.45) is -3.10. The third-order valence-corrected chi connectivity index (χ3v) is 3.57. The Morgan fingerprint density at radius 1 is 1.12 bits per heavy atom. The average molecular weight is 341 g/mol. The van der Waals surface area contributed by atoms with Gasteiger partial charge in [-0.25, -0.2) is 0 Å². The molecule has 25 heavy (non-hydrogen) atoms. The first-order valence-corrected chi connectivity index (χ1v) is 7.16. The highest BCUT2D eigenvalue weighted by molar-refractivity contribution is 6.06. The summed E-state index contributed by atoms with van der Waals surface area (Å²) < 4.78 is 38.9. The highest BCUT2D eigenvalue weighted by atomic mass is 19.4. The van der Waals surface area contributed by atoms with Crippen LogP contribution in [0.2, 0.25) is 0 Å². The van der Waals surface area contributed by atoms with Crippen LogP contribution in [0.3, 0.4) is 0 Å². The SMILES string of the molecule is N#Cc1ccc(NC(=O)c2ccc3cccnc3c2)cc1C(F)(F)F. The standard InChI is InChI=1S/C18H10F3N3O/c19-18(20,21)15-9-14(6-5-13(15)10-22)24-17(25)12-4-3-11-2-1-7-23-16(11)8-12/h1-9H,(H,24,25). The molecule has 1 amide bonds. The molecule has 0 saturated heterocycles. The Labute approximate surface area is 140 Å². The van der Waals surface area contributed by atoms with Crippen molar-refractivity contribution in [3.8, 4) is 6.07 Å². The van der Waals surface area contributed by atoms with E-state index < -0.39 is 23.2 Å². The molecule has 124 valence electrons. The summed E-state index contributed by atoms with van der Waals surface area (Å²) in [6.45, 7) is 0. The number of hydrogen-bond donors (Lipinski definition) is 1. The van der Waals surface area contributed by atoms with Crippen molar-refractivity contribution in [3.05, 3.63) is 71.4 Å². The molecule has 0 unspecified atom stereocenters. The van der Waals surface area contributed by atoms with Crippen LogP contribution >= 0.6 is 0 Å². The number of aromatic nitrogens is 1. The summed E-state index contributed by atoms with van der Waals surface area (Å²) in [5.74, 6) is -0.564. The summed E-state index contributed by atoms with van der Waals surface area (Å²) in [4.78, 5) is 16.4. The number of halogens is 3. The van der Waals surface area contributed by atoms with Crippen molar-refractivity contribution < 1.29 is 18.0 Å². The van der Waals surface area contributed by atoms with Crippen molar-refractivity contribution >= 4 is 22.5 Å². The number of amides is 1. The number of carbonyl (C=O) groups is 1. The van der Waals surface area contributed by atoms with Crippen molar-refractivity contribution in [3.63, 3.8) is 0 Å². The van der Waals surface area contributed by atoms with E-state index in [1.165, 1.54) is 12.1 Å². The molecule has 0 aliphatic heterocycles. The van der Waals surface area contributed by atoms with Crippen LogP contribution in [0.4, 0.5) is 18.9 Å². The van der Waals surface area contributed by atoms with Crippen molar-refractivity contribution in [2.45, 2.75) is 6.18 Å².